The fourth-order valence-corrected chi connectivity index (χ4v) is 2.56. The molecule has 0 bridgehead atoms. The van der Waals surface area contributed by atoms with Crippen LogP contribution in [0.5, 0.6) is 0 Å². The Labute approximate surface area is 142 Å². The minimum atomic E-state index is -5.84. The summed E-state index contributed by atoms with van der Waals surface area (Å²) in [6, 6.07) is 4.16. The molecule has 0 heterocycles. The second-order valence-corrected chi connectivity index (χ2v) is 9.09. The van der Waals surface area contributed by atoms with Crippen LogP contribution in [0.1, 0.15) is 10.4 Å². The highest BCUT2D eigenvalue weighted by Gasteiger charge is 2.44. The molecular formula is C12H17F3NO7S2+. The van der Waals surface area contributed by atoms with Gasteiger partial charge in [-0.1, -0.05) is 0 Å². The Balaban J connectivity index is 0.000000609. The molecule has 0 aliphatic heterocycles. The first-order valence-corrected chi connectivity index (χ1v) is 9.55. The Morgan fingerprint density at radius 2 is 1.48 bits per heavy atom. The lowest BCUT2D eigenvalue weighted by molar-refractivity contribution is -0.0510. The molecule has 8 nitrogen and oxygen atoms in total. The number of alkyl halides is 3. The van der Waals surface area contributed by atoms with Gasteiger partial charge in [-0.25, -0.2) is 13.2 Å². The van der Waals surface area contributed by atoms with Gasteiger partial charge in [-0.2, -0.15) is 21.6 Å². The van der Waals surface area contributed by atoms with Crippen LogP contribution in [0, 0.1) is 0 Å². The minimum Gasteiger partial charge on any atom is -0.478 e. The van der Waals surface area contributed by atoms with E-state index in [9.17, 15) is 26.4 Å². The highest BCUT2D eigenvalue weighted by atomic mass is 32.2. The topological polar surface area (TPSA) is 126 Å². The van der Waals surface area contributed by atoms with Crippen molar-refractivity contribution in [3.05, 3.63) is 23.8 Å². The minimum absolute atomic E-state index is 0.0253. The molecule has 0 atom stereocenters. The second-order valence-electron chi connectivity index (χ2n) is 5.69. The van der Waals surface area contributed by atoms with Crippen LogP contribution in [-0.4, -0.2) is 65.4 Å². The van der Waals surface area contributed by atoms with Crippen molar-refractivity contribution in [1.29, 1.82) is 0 Å². The monoisotopic (exact) mass is 408 g/mol. The number of carboxylic acids is 1. The number of halogens is 3. The maximum Gasteiger partial charge on any atom is 0.522 e. The fourth-order valence-electron chi connectivity index (χ4n) is 1.50. The van der Waals surface area contributed by atoms with Crippen LogP contribution in [0.15, 0.2) is 23.1 Å². The largest absolute Gasteiger partial charge is 0.522 e. The molecule has 0 saturated carbocycles. The van der Waals surface area contributed by atoms with E-state index in [0.717, 1.165) is 6.26 Å². The molecule has 2 N–H and O–H groups in total. The molecule has 13 heteroatoms. The van der Waals surface area contributed by atoms with Gasteiger partial charge in [0, 0.05) is 12.3 Å². The summed E-state index contributed by atoms with van der Waals surface area (Å²) in [6.45, 7) is 0. The van der Waals surface area contributed by atoms with Crippen molar-refractivity contribution in [2.24, 2.45) is 0 Å². The number of quaternary nitrogens is 1. The highest BCUT2D eigenvalue weighted by Crippen LogP contribution is 2.28. The van der Waals surface area contributed by atoms with Crippen LogP contribution >= 0.6 is 0 Å². The standard InChI is InChI=1S/C11H15NO4S.CHF3O3S/c1-12(2,3)9-6-5-8(11(13)14)7-10(9)17(4,15)16;2-1(3,4)8(5,6)7/h5-7H,1-4H3;(H,5,6,7)/p+1. The molecule has 0 aliphatic carbocycles. The number of rotatable bonds is 3. The molecule has 0 saturated heterocycles. The smallest absolute Gasteiger partial charge is 0.478 e. The molecule has 0 unspecified atom stereocenters. The average Bonchev–Trinajstić information content (AvgIpc) is 2.34. The fraction of sp³-hybridized carbons (Fsp3) is 0.417. The first-order valence-electron chi connectivity index (χ1n) is 6.21. The molecule has 0 aromatic heterocycles. The van der Waals surface area contributed by atoms with Gasteiger partial charge in [-0.15, -0.1) is 0 Å². The number of carbonyl (C=O) groups is 1. The summed E-state index contributed by atoms with van der Waals surface area (Å²) in [5.74, 6) is -1.14. The SMILES string of the molecule is C[N+](C)(C)c1ccc(C(=O)O)cc1S(C)(=O)=O.O=S(=O)(O)C(F)(F)F. The molecule has 25 heavy (non-hydrogen) atoms. The molecule has 0 aliphatic rings. The molecule has 0 amide bonds. The maximum atomic E-state index is 11.7. The Morgan fingerprint density at radius 1 is 1.08 bits per heavy atom. The highest BCUT2D eigenvalue weighted by molar-refractivity contribution is 7.90. The van der Waals surface area contributed by atoms with Crippen molar-refractivity contribution in [1.82, 2.24) is 4.48 Å². The Hall–Kier alpha value is -1.70. The molecule has 1 aromatic rings. The lowest BCUT2D eigenvalue weighted by Crippen LogP contribution is -2.36. The summed E-state index contributed by atoms with van der Waals surface area (Å²) < 4.78 is 81.2. The van der Waals surface area contributed by atoms with Crippen LogP contribution < -0.4 is 4.48 Å². The number of hydrogen-bond donors (Lipinski definition) is 2. The number of benzene rings is 1. The molecule has 144 valence electrons. The number of nitrogens with zero attached hydrogens (tertiary/aromatic N) is 1. The zero-order valence-corrected chi connectivity index (χ0v) is 15.2. The van der Waals surface area contributed by atoms with Gasteiger partial charge in [0.25, 0.3) is 0 Å². The van der Waals surface area contributed by atoms with Crippen LogP contribution in [0.4, 0.5) is 18.9 Å². The van der Waals surface area contributed by atoms with Gasteiger partial charge in [0.1, 0.15) is 4.90 Å². The third kappa shape index (κ3) is 6.97. The van der Waals surface area contributed by atoms with E-state index in [4.69, 9.17) is 18.1 Å². The zero-order chi connectivity index (χ0) is 20.4. The first kappa shape index (κ1) is 23.3. The number of carboxylic acid groups (broad SMARTS) is 1. The van der Waals surface area contributed by atoms with Gasteiger partial charge in [-0.3, -0.25) is 9.04 Å². The predicted octanol–water partition coefficient (Wildman–Crippen LogP) is 1.38. The van der Waals surface area contributed by atoms with E-state index in [1.807, 2.05) is 21.1 Å². The molecule has 0 fully saturated rings. The summed E-state index contributed by atoms with van der Waals surface area (Å²) in [5, 5.41) is 8.87. The Kier molecular flexibility index (Phi) is 6.78. The van der Waals surface area contributed by atoms with Gasteiger partial charge < -0.3 is 5.11 Å². The van der Waals surface area contributed by atoms with Crippen molar-refractivity contribution >= 4 is 31.6 Å². The van der Waals surface area contributed by atoms with Gasteiger partial charge in [0.15, 0.2) is 15.5 Å². The number of hydrogen-bond acceptors (Lipinski definition) is 5. The number of aromatic carboxylic acids is 1. The molecule has 1 rings (SSSR count). The number of sulfone groups is 1. The Bertz CT molecular complexity index is 854. The van der Waals surface area contributed by atoms with Crippen LogP contribution in [-0.2, 0) is 20.0 Å². The second kappa shape index (κ2) is 7.27. The van der Waals surface area contributed by atoms with Crippen LogP contribution in [0.3, 0.4) is 0 Å². The van der Waals surface area contributed by atoms with E-state index in [1.165, 1.54) is 12.1 Å². The van der Waals surface area contributed by atoms with Crippen molar-refractivity contribution in [3.63, 3.8) is 0 Å². The quantitative estimate of drug-likeness (QED) is 0.440. The maximum absolute atomic E-state index is 11.7. The van der Waals surface area contributed by atoms with E-state index in [-0.39, 0.29) is 10.5 Å². The summed E-state index contributed by atoms with van der Waals surface area (Å²) in [7, 11) is -3.82. The van der Waals surface area contributed by atoms with Gasteiger partial charge >= 0.3 is 21.6 Å². The lowest BCUT2D eigenvalue weighted by Gasteiger charge is -2.25. The van der Waals surface area contributed by atoms with Crippen molar-refractivity contribution in [3.8, 4) is 0 Å². The van der Waals surface area contributed by atoms with Gasteiger partial charge in [0.05, 0.1) is 26.7 Å². The van der Waals surface area contributed by atoms with E-state index in [0.29, 0.717) is 10.2 Å². The van der Waals surface area contributed by atoms with Crippen molar-refractivity contribution in [2.45, 2.75) is 10.4 Å². The zero-order valence-electron chi connectivity index (χ0n) is 13.6. The van der Waals surface area contributed by atoms with Crippen LogP contribution in [0.25, 0.3) is 0 Å². The molecular weight excluding hydrogens is 391 g/mol. The van der Waals surface area contributed by atoms with Crippen molar-refractivity contribution in [2.75, 3.05) is 27.4 Å². The van der Waals surface area contributed by atoms with E-state index >= 15 is 0 Å². The normalized spacial score (nSPS) is 13.0. The summed E-state index contributed by atoms with van der Waals surface area (Å²) in [4.78, 5) is 10.9. The molecule has 0 spiro atoms. The summed E-state index contributed by atoms with van der Waals surface area (Å²) in [5.41, 5.74) is -4.99. The summed E-state index contributed by atoms with van der Waals surface area (Å²) >= 11 is 0. The third-order valence-electron chi connectivity index (χ3n) is 2.62. The van der Waals surface area contributed by atoms with Gasteiger partial charge in [-0.05, 0) is 12.1 Å². The van der Waals surface area contributed by atoms with Crippen molar-refractivity contribution < 1.29 is 44.5 Å². The predicted molar refractivity (Wildman–Crippen MR) is 83.7 cm³/mol. The first-order chi connectivity index (χ1) is 10.8. The summed E-state index contributed by atoms with van der Waals surface area (Å²) in [6.07, 6.45) is 1.08. The molecule has 1 aromatic carbocycles. The van der Waals surface area contributed by atoms with Gasteiger partial charge in [0.2, 0.25) is 0 Å². The Morgan fingerprint density at radius 3 is 1.72 bits per heavy atom. The molecule has 0 radical (unpaired) electrons. The van der Waals surface area contributed by atoms with E-state index < -0.39 is 31.4 Å². The van der Waals surface area contributed by atoms with Crippen LogP contribution in [0.2, 0.25) is 0 Å². The average molecular weight is 408 g/mol. The lowest BCUT2D eigenvalue weighted by atomic mass is 10.2. The third-order valence-corrected chi connectivity index (χ3v) is 4.33. The van der Waals surface area contributed by atoms with E-state index in [1.54, 1.807) is 6.07 Å². The van der Waals surface area contributed by atoms with E-state index in [2.05, 4.69) is 0 Å².